The maximum absolute atomic E-state index is 5.04. The summed E-state index contributed by atoms with van der Waals surface area (Å²) in [6, 6.07) is 0.578. The van der Waals surface area contributed by atoms with Gasteiger partial charge in [0.2, 0.25) is 0 Å². The molecule has 1 aromatic rings. The third-order valence-electron chi connectivity index (χ3n) is 4.06. The fraction of sp³-hybridized carbons (Fsp3) is 0.786. The third kappa shape index (κ3) is 3.33. The van der Waals surface area contributed by atoms with Gasteiger partial charge in [-0.15, -0.1) is 0 Å². The maximum Gasteiger partial charge on any atom is 0.0951 e. The molecule has 18 heavy (non-hydrogen) atoms. The molecule has 0 amide bonds. The van der Waals surface area contributed by atoms with E-state index >= 15 is 0 Å². The number of hydrogen-bond acceptors (Lipinski definition) is 3. The summed E-state index contributed by atoms with van der Waals surface area (Å²) in [5, 5.41) is 3.39. The van der Waals surface area contributed by atoms with Crippen molar-refractivity contribution in [3.05, 3.63) is 18.2 Å². The SMILES string of the molecule is COCCNCc1cncn1C(C)C1CCCC1. The Morgan fingerprint density at radius 3 is 3.00 bits per heavy atom. The van der Waals surface area contributed by atoms with Crippen LogP contribution in [-0.2, 0) is 11.3 Å². The second-order valence-electron chi connectivity index (χ2n) is 5.25. The largest absolute Gasteiger partial charge is 0.383 e. The highest BCUT2D eigenvalue weighted by Crippen LogP contribution is 2.34. The van der Waals surface area contributed by atoms with E-state index < -0.39 is 0 Å². The number of nitrogens with one attached hydrogen (secondary N) is 1. The van der Waals surface area contributed by atoms with Crippen molar-refractivity contribution in [1.29, 1.82) is 0 Å². The number of methoxy groups -OCH3 is 1. The normalized spacial score (nSPS) is 18.3. The van der Waals surface area contributed by atoms with Crippen LogP contribution in [0, 0.1) is 5.92 Å². The molecule has 0 bridgehead atoms. The summed E-state index contributed by atoms with van der Waals surface area (Å²) in [6.07, 6.45) is 9.49. The molecular weight excluding hydrogens is 226 g/mol. The van der Waals surface area contributed by atoms with Gasteiger partial charge in [-0.1, -0.05) is 12.8 Å². The van der Waals surface area contributed by atoms with Gasteiger partial charge in [-0.25, -0.2) is 4.98 Å². The van der Waals surface area contributed by atoms with Crippen LogP contribution in [0.1, 0.15) is 44.3 Å². The van der Waals surface area contributed by atoms with E-state index in [0.29, 0.717) is 6.04 Å². The van der Waals surface area contributed by atoms with Crippen LogP contribution in [0.3, 0.4) is 0 Å². The first-order valence-corrected chi connectivity index (χ1v) is 7.03. The molecule has 0 aromatic carbocycles. The number of ether oxygens (including phenoxy) is 1. The minimum atomic E-state index is 0.578. The lowest BCUT2D eigenvalue weighted by Crippen LogP contribution is -2.22. The predicted octanol–water partition coefficient (Wildman–Crippen LogP) is 2.37. The number of rotatable bonds is 7. The average Bonchev–Trinajstić information content (AvgIpc) is 3.04. The molecular formula is C14H25N3O. The molecule has 1 N–H and O–H groups in total. The molecule has 1 aromatic heterocycles. The van der Waals surface area contributed by atoms with Gasteiger partial charge in [0.1, 0.15) is 0 Å². The van der Waals surface area contributed by atoms with E-state index in [1.54, 1.807) is 7.11 Å². The first kappa shape index (κ1) is 13.6. The summed E-state index contributed by atoms with van der Waals surface area (Å²) in [7, 11) is 1.73. The Kier molecular flexibility index (Phi) is 5.20. The van der Waals surface area contributed by atoms with E-state index in [-0.39, 0.29) is 0 Å². The fourth-order valence-electron chi connectivity index (χ4n) is 2.89. The number of imidazole rings is 1. The minimum absolute atomic E-state index is 0.578. The van der Waals surface area contributed by atoms with E-state index in [1.807, 2.05) is 12.5 Å². The van der Waals surface area contributed by atoms with Crippen molar-refractivity contribution in [1.82, 2.24) is 14.9 Å². The lowest BCUT2D eigenvalue weighted by Gasteiger charge is -2.22. The Bertz CT molecular complexity index is 345. The van der Waals surface area contributed by atoms with E-state index in [0.717, 1.165) is 25.6 Å². The first-order valence-electron chi connectivity index (χ1n) is 7.03. The smallest absolute Gasteiger partial charge is 0.0951 e. The van der Waals surface area contributed by atoms with E-state index in [9.17, 15) is 0 Å². The summed E-state index contributed by atoms with van der Waals surface area (Å²) >= 11 is 0. The molecule has 1 saturated carbocycles. The molecule has 0 aliphatic heterocycles. The summed E-state index contributed by atoms with van der Waals surface area (Å²) in [5.74, 6) is 0.830. The Labute approximate surface area is 110 Å². The number of hydrogen-bond donors (Lipinski definition) is 1. The Hall–Kier alpha value is -0.870. The molecule has 1 atom stereocenters. The Morgan fingerprint density at radius 1 is 1.50 bits per heavy atom. The zero-order chi connectivity index (χ0) is 12.8. The molecule has 1 heterocycles. The van der Waals surface area contributed by atoms with Crippen LogP contribution in [0.2, 0.25) is 0 Å². The van der Waals surface area contributed by atoms with Gasteiger partial charge in [0.25, 0.3) is 0 Å². The van der Waals surface area contributed by atoms with Crippen molar-refractivity contribution in [3.63, 3.8) is 0 Å². The molecule has 4 heteroatoms. The topological polar surface area (TPSA) is 39.1 Å². The maximum atomic E-state index is 5.04. The third-order valence-corrected chi connectivity index (χ3v) is 4.06. The summed E-state index contributed by atoms with van der Waals surface area (Å²) in [5.41, 5.74) is 1.28. The molecule has 4 nitrogen and oxygen atoms in total. The zero-order valence-corrected chi connectivity index (χ0v) is 11.6. The molecule has 0 spiro atoms. The van der Waals surface area contributed by atoms with Crippen LogP contribution < -0.4 is 5.32 Å². The van der Waals surface area contributed by atoms with Crippen molar-refractivity contribution in [2.24, 2.45) is 5.92 Å². The van der Waals surface area contributed by atoms with Gasteiger partial charge in [-0.05, 0) is 25.7 Å². The second kappa shape index (κ2) is 6.90. The van der Waals surface area contributed by atoms with E-state index in [2.05, 4.69) is 21.8 Å². The van der Waals surface area contributed by atoms with E-state index in [4.69, 9.17) is 4.74 Å². The molecule has 0 radical (unpaired) electrons. The van der Waals surface area contributed by atoms with Gasteiger partial charge >= 0.3 is 0 Å². The van der Waals surface area contributed by atoms with Crippen LogP contribution >= 0.6 is 0 Å². The minimum Gasteiger partial charge on any atom is -0.383 e. The van der Waals surface area contributed by atoms with Crippen molar-refractivity contribution in [3.8, 4) is 0 Å². The van der Waals surface area contributed by atoms with Crippen LogP contribution in [0.5, 0.6) is 0 Å². The Morgan fingerprint density at radius 2 is 2.28 bits per heavy atom. The highest BCUT2D eigenvalue weighted by Gasteiger charge is 2.23. The number of nitrogens with zero attached hydrogens (tertiary/aromatic N) is 2. The van der Waals surface area contributed by atoms with E-state index in [1.165, 1.54) is 31.4 Å². The standard InChI is InChI=1S/C14H25N3O/c1-12(13-5-3-4-6-13)17-11-16-10-14(17)9-15-7-8-18-2/h10-13,15H,3-9H2,1-2H3. The van der Waals surface area contributed by atoms with Gasteiger partial charge in [0.05, 0.1) is 18.6 Å². The molecule has 0 saturated heterocycles. The monoisotopic (exact) mass is 251 g/mol. The molecule has 1 unspecified atom stereocenters. The molecule has 1 aliphatic rings. The van der Waals surface area contributed by atoms with Crippen LogP contribution in [0.15, 0.2) is 12.5 Å². The molecule has 1 fully saturated rings. The lowest BCUT2D eigenvalue weighted by atomic mass is 9.99. The van der Waals surface area contributed by atoms with Crippen LogP contribution in [0.25, 0.3) is 0 Å². The fourth-order valence-corrected chi connectivity index (χ4v) is 2.89. The van der Waals surface area contributed by atoms with Gasteiger partial charge in [0, 0.05) is 32.4 Å². The van der Waals surface area contributed by atoms with Gasteiger partial charge in [0.15, 0.2) is 0 Å². The van der Waals surface area contributed by atoms with Crippen molar-refractivity contribution in [2.45, 2.75) is 45.2 Å². The second-order valence-corrected chi connectivity index (χ2v) is 5.25. The summed E-state index contributed by atoms with van der Waals surface area (Å²) in [4.78, 5) is 4.31. The molecule has 1 aliphatic carbocycles. The van der Waals surface area contributed by atoms with Crippen LogP contribution in [0.4, 0.5) is 0 Å². The molecule has 102 valence electrons. The number of aromatic nitrogens is 2. The average molecular weight is 251 g/mol. The van der Waals surface area contributed by atoms with Gasteiger partial charge < -0.3 is 14.6 Å². The summed E-state index contributed by atoms with van der Waals surface area (Å²) < 4.78 is 7.38. The van der Waals surface area contributed by atoms with Crippen molar-refractivity contribution >= 4 is 0 Å². The zero-order valence-electron chi connectivity index (χ0n) is 11.6. The molecule has 2 rings (SSSR count). The van der Waals surface area contributed by atoms with Crippen molar-refractivity contribution < 1.29 is 4.74 Å². The van der Waals surface area contributed by atoms with Gasteiger partial charge in [-0.3, -0.25) is 0 Å². The Balaban J connectivity index is 1.89. The highest BCUT2D eigenvalue weighted by molar-refractivity contribution is 5.01. The predicted molar refractivity (Wildman–Crippen MR) is 72.5 cm³/mol. The van der Waals surface area contributed by atoms with Crippen molar-refractivity contribution in [2.75, 3.05) is 20.3 Å². The first-order chi connectivity index (χ1) is 8.83. The quantitative estimate of drug-likeness (QED) is 0.756. The van der Waals surface area contributed by atoms with Gasteiger partial charge in [-0.2, -0.15) is 0 Å². The lowest BCUT2D eigenvalue weighted by molar-refractivity contribution is 0.198. The summed E-state index contributed by atoms with van der Waals surface area (Å²) in [6.45, 7) is 4.85. The highest BCUT2D eigenvalue weighted by atomic mass is 16.5. The van der Waals surface area contributed by atoms with Crippen LogP contribution in [-0.4, -0.2) is 29.8 Å².